The molecule has 1 aliphatic carbocycles. The first-order valence-electron chi connectivity index (χ1n) is 5.76. The van der Waals surface area contributed by atoms with Crippen molar-refractivity contribution in [3.05, 3.63) is 12.7 Å². The van der Waals surface area contributed by atoms with E-state index in [4.69, 9.17) is 0 Å². The molecule has 0 saturated heterocycles. The third kappa shape index (κ3) is 3.81. The molecule has 1 rings (SSSR count). The molecule has 1 fully saturated rings. The molecule has 1 atom stereocenters. The Labute approximate surface area is 88.4 Å². The minimum absolute atomic E-state index is 0.635. The summed E-state index contributed by atoms with van der Waals surface area (Å²) in [6, 6.07) is 0.635. The van der Waals surface area contributed by atoms with Crippen molar-refractivity contribution in [1.29, 1.82) is 0 Å². The van der Waals surface area contributed by atoms with E-state index in [0.29, 0.717) is 6.04 Å². The first-order valence-corrected chi connectivity index (χ1v) is 5.76. The Morgan fingerprint density at radius 1 is 1.57 bits per heavy atom. The van der Waals surface area contributed by atoms with Gasteiger partial charge in [0.05, 0.1) is 0 Å². The Morgan fingerprint density at radius 2 is 2.29 bits per heavy atom. The van der Waals surface area contributed by atoms with Crippen LogP contribution < -0.4 is 5.32 Å². The smallest absolute Gasteiger partial charge is 0.0189 e. The predicted molar refractivity (Wildman–Crippen MR) is 62.5 cm³/mol. The number of rotatable bonds is 7. The molecule has 2 nitrogen and oxygen atoms in total. The molecule has 0 heterocycles. The van der Waals surface area contributed by atoms with Gasteiger partial charge in [0.15, 0.2) is 0 Å². The minimum atomic E-state index is 0.635. The molecule has 14 heavy (non-hydrogen) atoms. The molecule has 1 N–H and O–H groups in total. The van der Waals surface area contributed by atoms with Gasteiger partial charge in [0.1, 0.15) is 0 Å². The fourth-order valence-corrected chi connectivity index (χ4v) is 1.81. The van der Waals surface area contributed by atoms with Gasteiger partial charge in [-0.2, -0.15) is 0 Å². The van der Waals surface area contributed by atoms with Crippen LogP contribution in [-0.2, 0) is 0 Å². The maximum absolute atomic E-state index is 3.70. The van der Waals surface area contributed by atoms with E-state index in [2.05, 4.69) is 30.8 Å². The highest BCUT2D eigenvalue weighted by atomic mass is 15.1. The quantitative estimate of drug-likeness (QED) is 0.494. The van der Waals surface area contributed by atoms with Gasteiger partial charge < -0.3 is 10.2 Å². The Morgan fingerprint density at radius 3 is 2.79 bits per heavy atom. The fraction of sp³-hybridized carbons (Fsp3) is 0.833. The second kappa shape index (κ2) is 6.20. The maximum Gasteiger partial charge on any atom is 0.0189 e. The van der Waals surface area contributed by atoms with Gasteiger partial charge in [-0.05, 0) is 32.7 Å². The largest absolute Gasteiger partial charge is 0.312 e. The normalized spacial score (nSPS) is 19.4. The van der Waals surface area contributed by atoms with Gasteiger partial charge in [-0.15, -0.1) is 6.58 Å². The Balaban J connectivity index is 2.07. The lowest BCUT2D eigenvalue weighted by molar-refractivity contribution is 0.168. The third-order valence-electron chi connectivity index (χ3n) is 3.25. The Bertz CT molecular complexity index is 164. The van der Waals surface area contributed by atoms with E-state index in [-0.39, 0.29) is 0 Å². The van der Waals surface area contributed by atoms with Crippen LogP contribution in [0.4, 0.5) is 0 Å². The summed E-state index contributed by atoms with van der Waals surface area (Å²) in [5, 5.41) is 3.37. The SMILES string of the molecule is C=CCNCC(C)N(C)CC1CCC1. The van der Waals surface area contributed by atoms with Crippen LogP contribution in [0.2, 0.25) is 0 Å². The van der Waals surface area contributed by atoms with E-state index in [9.17, 15) is 0 Å². The number of nitrogens with zero attached hydrogens (tertiary/aromatic N) is 1. The highest BCUT2D eigenvalue weighted by molar-refractivity contribution is 4.77. The van der Waals surface area contributed by atoms with E-state index in [1.165, 1.54) is 25.8 Å². The van der Waals surface area contributed by atoms with Crippen LogP contribution in [0.5, 0.6) is 0 Å². The Hall–Kier alpha value is -0.340. The topological polar surface area (TPSA) is 15.3 Å². The van der Waals surface area contributed by atoms with Gasteiger partial charge in [-0.25, -0.2) is 0 Å². The average Bonchev–Trinajstić information content (AvgIpc) is 2.11. The lowest BCUT2D eigenvalue weighted by Gasteiger charge is -2.33. The van der Waals surface area contributed by atoms with Crippen molar-refractivity contribution in [2.75, 3.05) is 26.7 Å². The predicted octanol–water partition coefficient (Wildman–Crippen LogP) is 1.88. The molecule has 82 valence electrons. The summed E-state index contributed by atoms with van der Waals surface area (Å²) in [6.45, 7) is 9.24. The zero-order valence-corrected chi connectivity index (χ0v) is 9.63. The molecular weight excluding hydrogens is 172 g/mol. The van der Waals surface area contributed by atoms with Gasteiger partial charge in [-0.1, -0.05) is 12.5 Å². The standard InChI is InChI=1S/C12H24N2/c1-4-8-13-9-11(2)14(3)10-12-6-5-7-12/h4,11-13H,1,5-10H2,2-3H3. The van der Waals surface area contributed by atoms with Crippen molar-refractivity contribution in [2.45, 2.75) is 32.2 Å². The van der Waals surface area contributed by atoms with E-state index >= 15 is 0 Å². The minimum Gasteiger partial charge on any atom is -0.312 e. The van der Waals surface area contributed by atoms with E-state index in [1.807, 2.05) is 6.08 Å². The second-order valence-electron chi connectivity index (χ2n) is 4.53. The number of hydrogen-bond acceptors (Lipinski definition) is 2. The van der Waals surface area contributed by atoms with Crippen LogP contribution in [0.25, 0.3) is 0 Å². The van der Waals surface area contributed by atoms with E-state index in [0.717, 1.165) is 19.0 Å². The molecule has 0 aromatic carbocycles. The van der Waals surface area contributed by atoms with Gasteiger partial charge in [0.25, 0.3) is 0 Å². The first-order chi connectivity index (χ1) is 6.74. The van der Waals surface area contributed by atoms with Crippen LogP contribution in [0.3, 0.4) is 0 Å². The van der Waals surface area contributed by atoms with Gasteiger partial charge in [0, 0.05) is 25.7 Å². The Kier molecular flexibility index (Phi) is 5.20. The van der Waals surface area contributed by atoms with Gasteiger partial charge in [0.2, 0.25) is 0 Å². The molecule has 0 spiro atoms. The molecule has 0 bridgehead atoms. The highest BCUT2D eigenvalue weighted by Crippen LogP contribution is 2.27. The molecule has 1 saturated carbocycles. The van der Waals surface area contributed by atoms with Crippen LogP contribution in [0.1, 0.15) is 26.2 Å². The molecule has 1 aliphatic rings. The molecule has 0 aliphatic heterocycles. The molecule has 0 aromatic heterocycles. The highest BCUT2D eigenvalue weighted by Gasteiger charge is 2.20. The van der Waals surface area contributed by atoms with Crippen molar-refractivity contribution in [1.82, 2.24) is 10.2 Å². The van der Waals surface area contributed by atoms with Gasteiger partial charge in [-0.3, -0.25) is 0 Å². The lowest BCUT2D eigenvalue weighted by Crippen LogP contribution is -2.41. The molecule has 0 aromatic rings. The molecule has 0 radical (unpaired) electrons. The van der Waals surface area contributed by atoms with Crippen molar-refractivity contribution in [3.63, 3.8) is 0 Å². The summed E-state index contributed by atoms with van der Waals surface area (Å²) >= 11 is 0. The van der Waals surface area contributed by atoms with Crippen molar-refractivity contribution < 1.29 is 0 Å². The first kappa shape index (κ1) is 11.7. The average molecular weight is 196 g/mol. The summed E-state index contributed by atoms with van der Waals surface area (Å²) in [5.74, 6) is 0.974. The second-order valence-corrected chi connectivity index (χ2v) is 4.53. The molecule has 2 heteroatoms. The van der Waals surface area contributed by atoms with Crippen LogP contribution in [0.15, 0.2) is 12.7 Å². The van der Waals surface area contributed by atoms with Crippen LogP contribution in [0, 0.1) is 5.92 Å². The maximum atomic E-state index is 3.70. The zero-order valence-electron chi connectivity index (χ0n) is 9.63. The number of likely N-dealkylation sites (N-methyl/N-ethyl adjacent to an activating group) is 1. The van der Waals surface area contributed by atoms with Crippen molar-refractivity contribution in [2.24, 2.45) is 5.92 Å². The lowest BCUT2D eigenvalue weighted by atomic mass is 9.85. The third-order valence-corrected chi connectivity index (χ3v) is 3.25. The summed E-state index contributed by atoms with van der Waals surface area (Å²) in [4.78, 5) is 2.47. The monoisotopic (exact) mass is 196 g/mol. The number of hydrogen-bond donors (Lipinski definition) is 1. The van der Waals surface area contributed by atoms with Crippen LogP contribution >= 0.6 is 0 Å². The number of nitrogens with one attached hydrogen (secondary N) is 1. The van der Waals surface area contributed by atoms with Gasteiger partial charge >= 0.3 is 0 Å². The summed E-state index contributed by atoms with van der Waals surface area (Å²) in [6.07, 6.45) is 6.24. The summed E-state index contributed by atoms with van der Waals surface area (Å²) in [7, 11) is 2.23. The van der Waals surface area contributed by atoms with Crippen molar-refractivity contribution in [3.8, 4) is 0 Å². The molecule has 1 unspecified atom stereocenters. The molecule has 0 amide bonds. The van der Waals surface area contributed by atoms with E-state index < -0.39 is 0 Å². The zero-order chi connectivity index (χ0) is 10.4. The van der Waals surface area contributed by atoms with E-state index in [1.54, 1.807) is 0 Å². The van der Waals surface area contributed by atoms with Crippen LogP contribution in [-0.4, -0.2) is 37.6 Å². The summed E-state index contributed by atoms with van der Waals surface area (Å²) in [5.41, 5.74) is 0. The fourth-order valence-electron chi connectivity index (χ4n) is 1.81. The van der Waals surface area contributed by atoms with Crippen molar-refractivity contribution >= 4 is 0 Å². The molecular formula is C12H24N2. The summed E-state index contributed by atoms with van der Waals surface area (Å²) < 4.78 is 0.